The molecule has 0 atom stereocenters. The molecule has 4 rings (SSSR count). The number of piperidine rings is 1. The first kappa shape index (κ1) is 21.1. The number of likely N-dealkylation sites (tertiary alicyclic amines) is 1. The van der Waals surface area contributed by atoms with Crippen molar-refractivity contribution in [2.24, 2.45) is 22.7 Å². The maximum absolute atomic E-state index is 2.84. The van der Waals surface area contributed by atoms with Crippen molar-refractivity contribution in [2.75, 3.05) is 52.4 Å². The van der Waals surface area contributed by atoms with Crippen LogP contribution < -0.4 is 0 Å². The van der Waals surface area contributed by atoms with Gasteiger partial charge in [0.1, 0.15) is 0 Å². The van der Waals surface area contributed by atoms with Crippen LogP contribution in [0.5, 0.6) is 0 Å². The van der Waals surface area contributed by atoms with Crippen LogP contribution in [0.2, 0.25) is 0 Å². The number of nitrogens with zero attached hydrogens (tertiary/aromatic N) is 3. The Morgan fingerprint density at radius 3 is 2.11 bits per heavy atom. The minimum atomic E-state index is 0.715. The summed E-state index contributed by atoms with van der Waals surface area (Å²) < 4.78 is 0. The van der Waals surface area contributed by atoms with Crippen molar-refractivity contribution in [3.05, 3.63) is 0 Å². The van der Waals surface area contributed by atoms with E-state index < -0.39 is 0 Å². The van der Waals surface area contributed by atoms with Crippen LogP contribution in [0, 0.1) is 22.7 Å². The van der Waals surface area contributed by atoms with Crippen molar-refractivity contribution >= 4 is 0 Å². The fraction of sp³-hybridized carbons (Fsp3) is 1.00. The lowest BCUT2D eigenvalue weighted by Gasteiger charge is -2.53. The van der Waals surface area contributed by atoms with E-state index in [1.54, 1.807) is 0 Å². The summed E-state index contributed by atoms with van der Waals surface area (Å²) in [5, 5.41) is 0. The first-order chi connectivity index (χ1) is 13.4. The highest BCUT2D eigenvalue weighted by atomic mass is 15.2. The van der Waals surface area contributed by atoms with Gasteiger partial charge in [0, 0.05) is 32.2 Å². The first-order valence-electron chi connectivity index (χ1n) is 12.6. The number of hydrogen-bond acceptors (Lipinski definition) is 3. The number of hydrogen-bond donors (Lipinski definition) is 0. The van der Waals surface area contributed by atoms with Crippen LogP contribution in [0.3, 0.4) is 0 Å². The predicted molar refractivity (Wildman–Crippen MR) is 120 cm³/mol. The van der Waals surface area contributed by atoms with E-state index in [0.29, 0.717) is 6.04 Å². The third-order valence-corrected chi connectivity index (χ3v) is 8.59. The van der Waals surface area contributed by atoms with Crippen molar-refractivity contribution in [2.45, 2.75) is 85.1 Å². The summed E-state index contributed by atoms with van der Waals surface area (Å²) >= 11 is 0. The molecule has 162 valence electrons. The molecule has 2 aliphatic carbocycles. The van der Waals surface area contributed by atoms with Crippen LogP contribution in [-0.4, -0.2) is 73.1 Å². The van der Waals surface area contributed by atoms with Crippen LogP contribution in [0.25, 0.3) is 0 Å². The standard InChI is InChI=1S/C25H47N3/c1-21(2)16-25(6-7-25)20-27-12-8-24(9-13-27)17-23(18-24)19-26-10-5-11-28(15-14-26)22(3)4/h21-23H,5-20H2,1-4H3. The van der Waals surface area contributed by atoms with Crippen molar-refractivity contribution in [3.63, 3.8) is 0 Å². The lowest BCUT2D eigenvalue weighted by molar-refractivity contribution is -0.0297. The van der Waals surface area contributed by atoms with Crippen molar-refractivity contribution < 1.29 is 0 Å². The third-order valence-electron chi connectivity index (χ3n) is 8.59. The molecule has 0 N–H and O–H groups in total. The zero-order valence-electron chi connectivity index (χ0n) is 19.4. The van der Waals surface area contributed by atoms with Crippen molar-refractivity contribution in [3.8, 4) is 0 Å². The topological polar surface area (TPSA) is 9.72 Å². The summed E-state index contributed by atoms with van der Waals surface area (Å²) in [4.78, 5) is 8.30. The summed E-state index contributed by atoms with van der Waals surface area (Å²) in [7, 11) is 0. The Morgan fingerprint density at radius 2 is 1.50 bits per heavy atom. The maximum Gasteiger partial charge on any atom is 0.0112 e. The molecule has 0 radical (unpaired) electrons. The molecule has 28 heavy (non-hydrogen) atoms. The van der Waals surface area contributed by atoms with Gasteiger partial charge in [-0.3, -0.25) is 4.90 Å². The summed E-state index contributed by atoms with van der Waals surface area (Å²) in [5.41, 5.74) is 1.46. The highest BCUT2D eigenvalue weighted by Crippen LogP contribution is 2.55. The van der Waals surface area contributed by atoms with Gasteiger partial charge in [-0.1, -0.05) is 13.8 Å². The molecular weight excluding hydrogens is 342 g/mol. The van der Waals surface area contributed by atoms with Gasteiger partial charge in [0.05, 0.1) is 0 Å². The molecule has 0 bridgehead atoms. The molecule has 0 aromatic carbocycles. The second kappa shape index (κ2) is 8.55. The van der Waals surface area contributed by atoms with E-state index in [0.717, 1.165) is 22.7 Å². The molecule has 0 amide bonds. The Balaban J connectivity index is 1.16. The van der Waals surface area contributed by atoms with E-state index in [-0.39, 0.29) is 0 Å². The van der Waals surface area contributed by atoms with Crippen LogP contribution in [0.4, 0.5) is 0 Å². The largest absolute Gasteiger partial charge is 0.303 e. The average Bonchev–Trinajstić information content (AvgIpc) is 3.38. The average molecular weight is 390 g/mol. The van der Waals surface area contributed by atoms with E-state index in [2.05, 4.69) is 42.4 Å². The Labute approximate surface area is 175 Å². The van der Waals surface area contributed by atoms with Crippen molar-refractivity contribution in [1.82, 2.24) is 14.7 Å². The Kier molecular flexibility index (Phi) is 6.45. The normalized spacial score (nSPS) is 29.4. The van der Waals surface area contributed by atoms with Crippen LogP contribution in [0.1, 0.15) is 79.1 Å². The number of rotatable bonds is 7. The molecule has 3 heteroatoms. The molecular formula is C25H47N3. The third kappa shape index (κ3) is 5.13. The minimum absolute atomic E-state index is 0.715. The second-order valence-corrected chi connectivity index (χ2v) is 11.9. The molecule has 0 aromatic heterocycles. The molecule has 2 saturated heterocycles. The van der Waals surface area contributed by atoms with E-state index >= 15 is 0 Å². The SMILES string of the molecule is CC(C)CC1(CN2CCC3(CC2)CC(CN2CCCN(C(C)C)CC2)C3)CC1. The van der Waals surface area contributed by atoms with E-state index in [4.69, 9.17) is 0 Å². The van der Waals surface area contributed by atoms with Gasteiger partial charge in [-0.2, -0.15) is 0 Å². The monoisotopic (exact) mass is 389 g/mol. The van der Waals surface area contributed by atoms with Crippen LogP contribution in [0.15, 0.2) is 0 Å². The van der Waals surface area contributed by atoms with Gasteiger partial charge < -0.3 is 9.80 Å². The molecule has 4 aliphatic rings. The highest BCUT2D eigenvalue weighted by molar-refractivity contribution is 5.01. The van der Waals surface area contributed by atoms with Gasteiger partial charge in [0.15, 0.2) is 0 Å². The van der Waals surface area contributed by atoms with Crippen molar-refractivity contribution in [1.29, 1.82) is 0 Å². The molecule has 0 aromatic rings. The predicted octanol–water partition coefficient (Wildman–Crippen LogP) is 4.72. The fourth-order valence-corrected chi connectivity index (χ4v) is 6.89. The van der Waals surface area contributed by atoms with Crippen LogP contribution in [-0.2, 0) is 0 Å². The molecule has 2 aliphatic heterocycles. The molecule has 2 heterocycles. The zero-order valence-corrected chi connectivity index (χ0v) is 19.4. The smallest absolute Gasteiger partial charge is 0.0112 e. The summed E-state index contributed by atoms with van der Waals surface area (Å²) in [6.07, 6.45) is 11.9. The molecule has 3 nitrogen and oxygen atoms in total. The van der Waals surface area contributed by atoms with Gasteiger partial charge in [-0.25, -0.2) is 0 Å². The quantitative estimate of drug-likeness (QED) is 0.624. The first-order valence-corrected chi connectivity index (χ1v) is 12.6. The van der Waals surface area contributed by atoms with Gasteiger partial charge in [0.2, 0.25) is 0 Å². The Morgan fingerprint density at radius 1 is 0.786 bits per heavy atom. The molecule has 4 fully saturated rings. The van der Waals surface area contributed by atoms with E-state index in [1.807, 2.05) is 0 Å². The van der Waals surface area contributed by atoms with Gasteiger partial charge in [-0.15, -0.1) is 0 Å². The van der Waals surface area contributed by atoms with Gasteiger partial charge in [-0.05, 0) is 114 Å². The minimum Gasteiger partial charge on any atom is -0.303 e. The van der Waals surface area contributed by atoms with E-state index in [9.17, 15) is 0 Å². The second-order valence-electron chi connectivity index (χ2n) is 11.9. The summed E-state index contributed by atoms with van der Waals surface area (Å²) in [6, 6.07) is 0.715. The lowest BCUT2D eigenvalue weighted by atomic mass is 9.57. The lowest BCUT2D eigenvalue weighted by Crippen LogP contribution is -2.50. The molecule has 2 saturated carbocycles. The van der Waals surface area contributed by atoms with Crippen LogP contribution >= 0.6 is 0 Å². The highest BCUT2D eigenvalue weighted by Gasteiger charge is 2.48. The zero-order chi connectivity index (χ0) is 19.8. The van der Waals surface area contributed by atoms with E-state index in [1.165, 1.54) is 104 Å². The summed E-state index contributed by atoms with van der Waals surface area (Å²) in [6.45, 7) is 20.3. The Hall–Kier alpha value is -0.120. The maximum atomic E-state index is 2.84. The van der Waals surface area contributed by atoms with Gasteiger partial charge in [0.25, 0.3) is 0 Å². The molecule has 1 spiro atoms. The van der Waals surface area contributed by atoms with Gasteiger partial charge >= 0.3 is 0 Å². The molecule has 0 unspecified atom stereocenters. The Bertz CT molecular complexity index is 494. The summed E-state index contributed by atoms with van der Waals surface area (Å²) in [5.74, 6) is 1.87. The fourth-order valence-electron chi connectivity index (χ4n) is 6.89.